The van der Waals surface area contributed by atoms with Crippen molar-refractivity contribution in [3.8, 4) is 17.6 Å². The van der Waals surface area contributed by atoms with Gasteiger partial charge in [0.2, 0.25) is 0 Å². The minimum Gasteiger partial charge on any atom is -0.493 e. The number of hydrogen-bond acceptors (Lipinski definition) is 2. The van der Waals surface area contributed by atoms with E-state index in [1.807, 2.05) is 31.2 Å². The summed E-state index contributed by atoms with van der Waals surface area (Å²) in [6.07, 6.45) is 0. The van der Waals surface area contributed by atoms with Gasteiger partial charge in [0.15, 0.2) is 0 Å². The number of nitrogens with zero attached hydrogens (tertiary/aromatic N) is 3. The molecule has 0 fully saturated rings. The maximum Gasteiger partial charge on any atom is 0.134 e. The van der Waals surface area contributed by atoms with Crippen LogP contribution in [-0.4, -0.2) is 13.2 Å². The van der Waals surface area contributed by atoms with Gasteiger partial charge in [-0.25, -0.2) is 0 Å². The van der Waals surface area contributed by atoms with Gasteiger partial charge in [-0.05, 0) is 24.6 Å². The molecule has 15 heavy (non-hydrogen) atoms. The lowest BCUT2D eigenvalue weighted by Crippen LogP contribution is -1.93. The molecule has 0 spiro atoms. The summed E-state index contributed by atoms with van der Waals surface area (Å²) in [6, 6.07) is 7.51. The van der Waals surface area contributed by atoms with Crippen LogP contribution in [0, 0.1) is 11.8 Å². The molecule has 0 aliphatic carbocycles. The van der Waals surface area contributed by atoms with Gasteiger partial charge in [0.05, 0.1) is 18.7 Å². The highest BCUT2D eigenvalue weighted by Gasteiger charge is 1.96. The molecular weight excluding hydrogens is 190 g/mol. The van der Waals surface area contributed by atoms with E-state index in [2.05, 4.69) is 21.9 Å². The zero-order chi connectivity index (χ0) is 10.9. The number of hydrogen-bond donors (Lipinski definition) is 0. The second kappa shape index (κ2) is 6.36. The van der Waals surface area contributed by atoms with Crippen molar-refractivity contribution in [2.24, 2.45) is 5.11 Å². The summed E-state index contributed by atoms with van der Waals surface area (Å²) in [7, 11) is 0. The molecule has 0 aliphatic heterocycles. The highest BCUT2D eigenvalue weighted by molar-refractivity contribution is 5.45. The zero-order valence-corrected chi connectivity index (χ0v) is 8.47. The number of rotatable bonds is 3. The van der Waals surface area contributed by atoms with Crippen molar-refractivity contribution >= 4 is 0 Å². The maximum atomic E-state index is 8.07. The standard InChI is InChI=1S/C11H11N3O/c1-2-15-11-8-4-3-6-10(11)7-5-9-13-14-12/h3-4,6,8H,2,9H2,1H3. The van der Waals surface area contributed by atoms with Gasteiger partial charge in [0.25, 0.3) is 0 Å². The van der Waals surface area contributed by atoms with Gasteiger partial charge in [0.1, 0.15) is 5.75 Å². The van der Waals surface area contributed by atoms with Crippen molar-refractivity contribution in [2.75, 3.05) is 13.2 Å². The molecule has 0 saturated carbocycles. The highest BCUT2D eigenvalue weighted by Crippen LogP contribution is 2.16. The molecule has 1 aromatic carbocycles. The van der Waals surface area contributed by atoms with Gasteiger partial charge >= 0.3 is 0 Å². The van der Waals surface area contributed by atoms with Gasteiger partial charge in [-0.3, -0.25) is 0 Å². The molecule has 1 aromatic rings. The summed E-state index contributed by atoms with van der Waals surface area (Å²) in [4.78, 5) is 2.62. The molecule has 4 nitrogen and oxygen atoms in total. The summed E-state index contributed by atoms with van der Waals surface area (Å²) in [6.45, 7) is 2.70. The first-order valence-electron chi connectivity index (χ1n) is 4.60. The Kier molecular flexibility index (Phi) is 4.65. The van der Waals surface area contributed by atoms with E-state index in [0.29, 0.717) is 6.61 Å². The van der Waals surface area contributed by atoms with E-state index in [9.17, 15) is 0 Å². The van der Waals surface area contributed by atoms with Crippen molar-refractivity contribution in [3.05, 3.63) is 40.3 Å². The van der Waals surface area contributed by atoms with Gasteiger partial charge in [0, 0.05) is 4.91 Å². The average Bonchev–Trinajstić information content (AvgIpc) is 2.27. The lowest BCUT2D eigenvalue weighted by atomic mass is 10.2. The molecule has 0 unspecified atom stereocenters. The van der Waals surface area contributed by atoms with Crippen molar-refractivity contribution in [1.29, 1.82) is 0 Å². The SMILES string of the molecule is CCOc1ccccc1C#CCN=[N+]=[N-]. The largest absolute Gasteiger partial charge is 0.493 e. The van der Waals surface area contributed by atoms with Crippen LogP contribution < -0.4 is 4.74 Å². The molecule has 0 heterocycles. The Labute approximate surface area is 88.5 Å². The van der Waals surface area contributed by atoms with Gasteiger partial charge in [-0.1, -0.05) is 29.1 Å². The van der Waals surface area contributed by atoms with Crippen molar-refractivity contribution in [1.82, 2.24) is 0 Å². The van der Waals surface area contributed by atoms with Crippen LogP contribution in [0.1, 0.15) is 12.5 Å². The lowest BCUT2D eigenvalue weighted by Gasteiger charge is -2.04. The second-order valence-electron chi connectivity index (χ2n) is 2.62. The van der Waals surface area contributed by atoms with E-state index in [1.165, 1.54) is 0 Å². The van der Waals surface area contributed by atoms with E-state index in [-0.39, 0.29) is 6.54 Å². The molecule has 0 saturated heterocycles. The number of ether oxygens (including phenoxy) is 1. The van der Waals surface area contributed by atoms with E-state index in [4.69, 9.17) is 10.3 Å². The van der Waals surface area contributed by atoms with Crippen molar-refractivity contribution in [2.45, 2.75) is 6.92 Å². The topological polar surface area (TPSA) is 58.0 Å². The van der Waals surface area contributed by atoms with Gasteiger partial charge in [-0.15, -0.1) is 0 Å². The van der Waals surface area contributed by atoms with E-state index >= 15 is 0 Å². The Morgan fingerprint density at radius 1 is 1.47 bits per heavy atom. The van der Waals surface area contributed by atoms with E-state index < -0.39 is 0 Å². The second-order valence-corrected chi connectivity index (χ2v) is 2.62. The third-order valence-electron chi connectivity index (χ3n) is 1.62. The first-order valence-corrected chi connectivity index (χ1v) is 4.60. The normalized spacial score (nSPS) is 8.33. The van der Waals surface area contributed by atoms with Crippen LogP contribution in [0.25, 0.3) is 10.4 Å². The minimum absolute atomic E-state index is 0.178. The first-order chi connectivity index (χ1) is 7.38. The van der Waals surface area contributed by atoms with Crippen LogP contribution in [0.4, 0.5) is 0 Å². The molecule has 0 radical (unpaired) electrons. The van der Waals surface area contributed by atoms with Crippen LogP contribution in [0.2, 0.25) is 0 Å². The molecule has 0 atom stereocenters. The molecular formula is C11H11N3O. The monoisotopic (exact) mass is 201 g/mol. The molecule has 0 bridgehead atoms. The third-order valence-corrected chi connectivity index (χ3v) is 1.62. The molecule has 0 amide bonds. The fourth-order valence-electron chi connectivity index (χ4n) is 1.05. The Hall–Kier alpha value is -2.11. The van der Waals surface area contributed by atoms with E-state index in [0.717, 1.165) is 11.3 Å². The Morgan fingerprint density at radius 2 is 2.27 bits per heavy atom. The Bertz CT molecular complexity index is 425. The quantitative estimate of drug-likeness (QED) is 0.321. The van der Waals surface area contributed by atoms with Crippen LogP contribution >= 0.6 is 0 Å². The number of benzene rings is 1. The summed E-state index contributed by atoms with van der Waals surface area (Å²) in [5.74, 6) is 6.40. The van der Waals surface area contributed by atoms with Crippen LogP contribution in [0.3, 0.4) is 0 Å². The zero-order valence-electron chi connectivity index (χ0n) is 8.47. The summed E-state index contributed by atoms with van der Waals surface area (Å²) in [5.41, 5.74) is 8.88. The Balaban J connectivity index is 2.81. The summed E-state index contributed by atoms with van der Waals surface area (Å²) < 4.78 is 5.39. The fraction of sp³-hybridized carbons (Fsp3) is 0.273. The molecule has 1 rings (SSSR count). The van der Waals surface area contributed by atoms with Gasteiger partial charge in [-0.2, -0.15) is 0 Å². The van der Waals surface area contributed by atoms with Crippen LogP contribution in [-0.2, 0) is 0 Å². The lowest BCUT2D eigenvalue weighted by molar-refractivity contribution is 0.339. The fourth-order valence-corrected chi connectivity index (χ4v) is 1.05. The molecule has 4 heteroatoms. The van der Waals surface area contributed by atoms with E-state index in [1.54, 1.807) is 0 Å². The summed E-state index contributed by atoms with van der Waals surface area (Å²) >= 11 is 0. The number of para-hydroxylation sites is 1. The molecule has 0 N–H and O–H groups in total. The smallest absolute Gasteiger partial charge is 0.134 e. The predicted molar refractivity (Wildman–Crippen MR) is 58.5 cm³/mol. The van der Waals surface area contributed by atoms with Crippen molar-refractivity contribution in [3.63, 3.8) is 0 Å². The summed E-state index contributed by atoms with van der Waals surface area (Å²) in [5, 5.41) is 3.33. The molecule has 0 aromatic heterocycles. The van der Waals surface area contributed by atoms with Crippen molar-refractivity contribution < 1.29 is 4.74 Å². The maximum absolute atomic E-state index is 8.07. The van der Waals surface area contributed by atoms with Crippen LogP contribution in [0.5, 0.6) is 5.75 Å². The molecule has 0 aliphatic rings. The first kappa shape index (κ1) is 11.0. The number of azide groups is 1. The predicted octanol–water partition coefficient (Wildman–Crippen LogP) is 2.75. The highest BCUT2D eigenvalue weighted by atomic mass is 16.5. The van der Waals surface area contributed by atoms with Crippen LogP contribution in [0.15, 0.2) is 29.4 Å². The molecule has 76 valence electrons. The minimum atomic E-state index is 0.178. The third kappa shape index (κ3) is 3.63. The van der Waals surface area contributed by atoms with Gasteiger partial charge < -0.3 is 4.74 Å². The Morgan fingerprint density at radius 3 is 3.00 bits per heavy atom. The average molecular weight is 201 g/mol.